The van der Waals surface area contributed by atoms with Crippen LogP contribution in [0.3, 0.4) is 0 Å². The number of alkyl halides is 3. The monoisotopic (exact) mass is 454 g/mol. The van der Waals surface area contributed by atoms with E-state index in [-0.39, 0.29) is 18.3 Å². The number of nitrogens with zero attached hydrogens (tertiary/aromatic N) is 5. The van der Waals surface area contributed by atoms with Gasteiger partial charge in [-0.05, 0) is 43.3 Å². The second-order valence-corrected chi connectivity index (χ2v) is 7.71. The molecule has 11 heteroatoms. The quantitative estimate of drug-likeness (QED) is 0.492. The fourth-order valence-electron chi connectivity index (χ4n) is 3.79. The minimum atomic E-state index is -4.45. The van der Waals surface area contributed by atoms with Crippen LogP contribution in [0.15, 0.2) is 59.4 Å². The van der Waals surface area contributed by atoms with E-state index in [0.29, 0.717) is 34.1 Å². The lowest BCUT2D eigenvalue weighted by atomic mass is 10.1. The van der Waals surface area contributed by atoms with E-state index in [2.05, 4.69) is 15.2 Å². The first kappa shape index (κ1) is 20.7. The number of fused-ring (bicyclic) bond motifs is 1. The number of nitrogens with two attached hydrogens (primary N) is 1. The Morgan fingerprint density at radius 1 is 1.12 bits per heavy atom. The average molecular weight is 454 g/mol. The van der Waals surface area contributed by atoms with Crippen LogP contribution in [0.4, 0.5) is 24.7 Å². The van der Waals surface area contributed by atoms with E-state index >= 15 is 0 Å². The van der Waals surface area contributed by atoms with Crippen LogP contribution in [0.2, 0.25) is 0 Å². The normalized spacial score (nSPS) is 16.2. The number of nitrogen functional groups attached to an aromatic ring is 1. The zero-order chi connectivity index (χ0) is 23.3. The van der Waals surface area contributed by atoms with Crippen molar-refractivity contribution < 1.29 is 22.5 Å². The summed E-state index contributed by atoms with van der Waals surface area (Å²) in [5, 5.41) is 8.39. The van der Waals surface area contributed by atoms with Crippen LogP contribution in [-0.2, 0) is 6.18 Å². The number of anilines is 2. The summed E-state index contributed by atoms with van der Waals surface area (Å²) in [4.78, 5) is 18.8. The van der Waals surface area contributed by atoms with Crippen LogP contribution >= 0.6 is 0 Å². The Hall–Kier alpha value is -4.15. The van der Waals surface area contributed by atoms with E-state index in [1.165, 1.54) is 23.2 Å². The highest BCUT2D eigenvalue weighted by atomic mass is 19.4. The second kappa shape index (κ2) is 7.47. The van der Waals surface area contributed by atoms with Gasteiger partial charge >= 0.3 is 6.18 Å². The van der Waals surface area contributed by atoms with E-state index < -0.39 is 17.6 Å². The number of carbonyl (C=O) groups is 1. The molecule has 2 N–H and O–H groups in total. The molecule has 1 amide bonds. The second-order valence-electron chi connectivity index (χ2n) is 7.71. The maximum absolute atomic E-state index is 13.4. The van der Waals surface area contributed by atoms with E-state index in [4.69, 9.17) is 10.3 Å². The van der Waals surface area contributed by atoms with Crippen molar-refractivity contribution >= 4 is 17.4 Å². The minimum Gasteiger partial charge on any atom is -0.384 e. The van der Waals surface area contributed by atoms with Gasteiger partial charge in [-0.25, -0.2) is 4.98 Å². The van der Waals surface area contributed by atoms with Gasteiger partial charge in [0.2, 0.25) is 0 Å². The summed E-state index contributed by atoms with van der Waals surface area (Å²) in [5.74, 6) is 0.307. The van der Waals surface area contributed by atoms with Gasteiger partial charge in [-0.15, -0.1) is 0 Å². The highest BCUT2D eigenvalue weighted by Crippen LogP contribution is 2.35. The van der Waals surface area contributed by atoms with Crippen LogP contribution in [0.25, 0.3) is 22.6 Å². The molecule has 0 saturated carbocycles. The maximum Gasteiger partial charge on any atom is 0.416 e. The summed E-state index contributed by atoms with van der Waals surface area (Å²) in [6, 6.07) is 9.35. The fraction of sp³-hybridized carbons (Fsp3) is 0.182. The Labute approximate surface area is 185 Å². The molecular formula is C22H17F3N6O2. The van der Waals surface area contributed by atoms with Gasteiger partial charge in [0.15, 0.2) is 5.76 Å². The van der Waals surface area contributed by atoms with Crippen LogP contribution in [0.1, 0.15) is 29.0 Å². The van der Waals surface area contributed by atoms with Gasteiger partial charge in [0.05, 0.1) is 23.4 Å². The molecule has 33 heavy (non-hydrogen) atoms. The molecule has 4 heterocycles. The molecule has 0 spiro atoms. The summed E-state index contributed by atoms with van der Waals surface area (Å²) < 4.78 is 45.8. The zero-order valence-corrected chi connectivity index (χ0v) is 17.2. The Morgan fingerprint density at radius 2 is 1.88 bits per heavy atom. The standard InChI is InChI=1S/C22H17F3N6O2/c1-12-11-30(15-5-3-14(4-6-15)22(23,24)25)21(32)20-16(10-28-31(12)20)18-8-17(29-33-18)13-2-7-19(26)27-9-13/h2-10,12H,11H2,1H3,(H2,26,27)/t12-/m0/s1. The summed E-state index contributed by atoms with van der Waals surface area (Å²) in [6.45, 7) is 2.13. The van der Waals surface area contributed by atoms with Crippen molar-refractivity contribution in [2.24, 2.45) is 0 Å². The number of halogens is 3. The molecule has 0 saturated heterocycles. The number of benzene rings is 1. The Bertz CT molecular complexity index is 1330. The van der Waals surface area contributed by atoms with Gasteiger partial charge in [-0.2, -0.15) is 18.3 Å². The van der Waals surface area contributed by atoms with Crippen molar-refractivity contribution in [3.05, 3.63) is 66.1 Å². The van der Waals surface area contributed by atoms with Crippen molar-refractivity contribution in [3.63, 3.8) is 0 Å². The van der Waals surface area contributed by atoms with E-state index in [0.717, 1.165) is 12.1 Å². The number of amides is 1. The third-order valence-corrected chi connectivity index (χ3v) is 5.47. The third kappa shape index (κ3) is 3.60. The number of pyridine rings is 1. The molecule has 0 radical (unpaired) electrons. The SMILES string of the molecule is C[C@H]1CN(c2ccc(C(F)(F)F)cc2)C(=O)c2c(-c3cc(-c4ccc(N)nc4)no3)cnn21. The lowest BCUT2D eigenvalue weighted by Crippen LogP contribution is -2.42. The number of hydrogen-bond acceptors (Lipinski definition) is 6. The van der Waals surface area contributed by atoms with Crippen LogP contribution in [0.5, 0.6) is 0 Å². The number of rotatable bonds is 3. The third-order valence-electron chi connectivity index (χ3n) is 5.47. The first-order chi connectivity index (χ1) is 15.7. The van der Waals surface area contributed by atoms with Crippen molar-refractivity contribution in [2.45, 2.75) is 19.1 Å². The van der Waals surface area contributed by atoms with Gasteiger partial charge < -0.3 is 15.2 Å². The van der Waals surface area contributed by atoms with E-state index in [1.54, 1.807) is 29.1 Å². The lowest BCUT2D eigenvalue weighted by molar-refractivity contribution is -0.137. The van der Waals surface area contributed by atoms with Gasteiger partial charge in [-0.1, -0.05) is 5.16 Å². The molecule has 3 aromatic heterocycles. The number of aromatic nitrogens is 4. The van der Waals surface area contributed by atoms with Gasteiger partial charge in [-0.3, -0.25) is 9.48 Å². The van der Waals surface area contributed by atoms with E-state index in [1.807, 2.05) is 6.92 Å². The minimum absolute atomic E-state index is 0.211. The maximum atomic E-state index is 13.4. The topological polar surface area (TPSA) is 103 Å². The molecule has 1 aliphatic heterocycles. The summed E-state index contributed by atoms with van der Waals surface area (Å²) in [7, 11) is 0. The van der Waals surface area contributed by atoms with Crippen LogP contribution < -0.4 is 10.6 Å². The van der Waals surface area contributed by atoms with Crippen LogP contribution in [-0.4, -0.2) is 32.4 Å². The summed E-state index contributed by atoms with van der Waals surface area (Å²) in [5.41, 5.74) is 7.11. The van der Waals surface area contributed by atoms with Crippen molar-refractivity contribution in [3.8, 4) is 22.6 Å². The van der Waals surface area contributed by atoms with Gasteiger partial charge in [0.25, 0.3) is 5.91 Å². The van der Waals surface area contributed by atoms with Crippen molar-refractivity contribution in [2.75, 3.05) is 17.2 Å². The van der Waals surface area contributed by atoms with Crippen LogP contribution in [0, 0.1) is 0 Å². The molecule has 0 unspecified atom stereocenters. The average Bonchev–Trinajstić information content (AvgIpc) is 3.44. The first-order valence-electron chi connectivity index (χ1n) is 9.98. The molecule has 5 rings (SSSR count). The highest BCUT2D eigenvalue weighted by Gasteiger charge is 2.36. The molecule has 0 fully saturated rings. The zero-order valence-electron chi connectivity index (χ0n) is 17.2. The molecular weight excluding hydrogens is 437 g/mol. The molecule has 0 aliphatic carbocycles. The summed E-state index contributed by atoms with van der Waals surface area (Å²) in [6.07, 6.45) is -1.37. The van der Waals surface area contributed by atoms with E-state index in [9.17, 15) is 18.0 Å². The Morgan fingerprint density at radius 3 is 2.55 bits per heavy atom. The van der Waals surface area contributed by atoms with Crippen molar-refractivity contribution in [1.29, 1.82) is 0 Å². The molecule has 4 aromatic rings. The highest BCUT2D eigenvalue weighted by molar-refractivity contribution is 6.09. The molecule has 8 nitrogen and oxygen atoms in total. The largest absolute Gasteiger partial charge is 0.416 e. The number of carbonyl (C=O) groups excluding carboxylic acids is 1. The molecule has 0 bridgehead atoms. The summed E-state index contributed by atoms with van der Waals surface area (Å²) >= 11 is 0. The van der Waals surface area contributed by atoms with Crippen molar-refractivity contribution in [1.82, 2.24) is 19.9 Å². The fourth-order valence-corrected chi connectivity index (χ4v) is 3.79. The van der Waals surface area contributed by atoms with Gasteiger partial charge in [0.1, 0.15) is 17.2 Å². The predicted molar refractivity (Wildman–Crippen MR) is 113 cm³/mol. The Balaban J connectivity index is 1.50. The first-order valence-corrected chi connectivity index (χ1v) is 9.98. The molecule has 1 aromatic carbocycles. The molecule has 168 valence electrons. The lowest BCUT2D eigenvalue weighted by Gasteiger charge is -2.32. The number of hydrogen-bond donors (Lipinski definition) is 1. The Kier molecular flexibility index (Phi) is 4.69. The smallest absolute Gasteiger partial charge is 0.384 e. The predicted octanol–water partition coefficient (Wildman–Crippen LogP) is 4.42. The molecule has 1 aliphatic rings. The molecule has 1 atom stereocenters. The van der Waals surface area contributed by atoms with Gasteiger partial charge in [0, 0.05) is 30.1 Å².